The molecule has 1 aliphatic heterocycles. The number of piperidine rings is 1. The van der Waals surface area contributed by atoms with E-state index < -0.39 is 0 Å². The SMILES string of the molecule is O=C(Nc1ccc(-n2ccnc2)cc1)C1CC12CCNCC2. The number of aromatic nitrogens is 2. The van der Waals surface area contributed by atoms with Gasteiger partial charge in [0, 0.05) is 29.7 Å². The predicted octanol–water partition coefficient (Wildman–Crippen LogP) is 2.20. The Hall–Kier alpha value is -2.14. The largest absolute Gasteiger partial charge is 0.326 e. The lowest BCUT2D eigenvalue weighted by molar-refractivity contribution is -0.118. The average Bonchev–Trinajstić information content (AvgIpc) is 3.00. The first-order chi connectivity index (χ1) is 10.8. The smallest absolute Gasteiger partial charge is 0.228 e. The van der Waals surface area contributed by atoms with Crippen molar-refractivity contribution < 1.29 is 4.79 Å². The molecular weight excluding hydrogens is 276 g/mol. The molecule has 114 valence electrons. The number of hydrogen-bond acceptors (Lipinski definition) is 3. The van der Waals surface area contributed by atoms with Gasteiger partial charge in [-0.15, -0.1) is 0 Å². The molecule has 1 aliphatic carbocycles. The number of hydrogen-bond donors (Lipinski definition) is 2. The molecule has 1 aromatic carbocycles. The number of anilines is 1. The highest BCUT2D eigenvalue weighted by Crippen LogP contribution is 2.58. The third kappa shape index (κ3) is 2.41. The van der Waals surface area contributed by atoms with Gasteiger partial charge in [-0.05, 0) is 62.0 Å². The molecule has 2 N–H and O–H groups in total. The van der Waals surface area contributed by atoms with Crippen LogP contribution in [0, 0.1) is 11.3 Å². The number of nitrogens with zero attached hydrogens (tertiary/aromatic N) is 2. The zero-order valence-corrected chi connectivity index (χ0v) is 12.5. The summed E-state index contributed by atoms with van der Waals surface area (Å²) in [6.45, 7) is 2.09. The molecule has 2 aromatic rings. The molecule has 1 atom stereocenters. The van der Waals surface area contributed by atoms with Crippen molar-refractivity contribution in [3.63, 3.8) is 0 Å². The van der Waals surface area contributed by atoms with Crippen molar-refractivity contribution >= 4 is 11.6 Å². The average molecular weight is 296 g/mol. The molecule has 5 nitrogen and oxygen atoms in total. The zero-order chi connectivity index (χ0) is 15.0. The molecule has 0 radical (unpaired) electrons. The lowest BCUT2D eigenvalue weighted by atomic mass is 9.92. The van der Waals surface area contributed by atoms with E-state index >= 15 is 0 Å². The summed E-state index contributed by atoms with van der Waals surface area (Å²) in [5.74, 6) is 0.375. The van der Waals surface area contributed by atoms with Gasteiger partial charge in [0.1, 0.15) is 0 Å². The molecule has 2 aliphatic rings. The minimum absolute atomic E-state index is 0.178. The van der Waals surface area contributed by atoms with Crippen LogP contribution in [0.4, 0.5) is 5.69 Å². The van der Waals surface area contributed by atoms with Gasteiger partial charge < -0.3 is 15.2 Å². The maximum Gasteiger partial charge on any atom is 0.228 e. The van der Waals surface area contributed by atoms with E-state index in [-0.39, 0.29) is 17.2 Å². The summed E-state index contributed by atoms with van der Waals surface area (Å²) in [5, 5.41) is 6.43. The minimum atomic E-state index is 0.178. The van der Waals surface area contributed by atoms with E-state index in [1.54, 1.807) is 12.5 Å². The molecule has 1 amide bonds. The van der Waals surface area contributed by atoms with Gasteiger partial charge in [0.05, 0.1) is 6.33 Å². The number of benzene rings is 1. The number of rotatable bonds is 3. The summed E-state index contributed by atoms with van der Waals surface area (Å²) in [5.41, 5.74) is 2.19. The van der Waals surface area contributed by atoms with E-state index in [1.165, 1.54) is 0 Å². The molecule has 2 heterocycles. The van der Waals surface area contributed by atoms with Gasteiger partial charge in [-0.1, -0.05) is 0 Å². The Kier molecular flexibility index (Phi) is 3.22. The molecule has 2 fully saturated rings. The standard InChI is InChI=1S/C17H20N4O/c22-16(15-11-17(15)5-7-18-8-6-17)20-13-1-3-14(4-2-13)21-10-9-19-12-21/h1-4,9-10,12,15,18H,5-8,11H2,(H,20,22). The Morgan fingerprint density at radius 2 is 2.05 bits per heavy atom. The summed E-state index contributed by atoms with van der Waals surface area (Å²) >= 11 is 0. The molecule has 4 rings (SSSR count). The van der Waals surface area contributed by atoms with E-state index in [9.17, 15) is 4.79 Å². The maximum absolute atomic E-state index is 12.4. The predicted molar refractivity (Wildman–Crippen MR) is 84.8 cm³/mol. The molecule has 0 bridgehead atoms. The summed E-state index contributed by atoms with van der Waals surface area (Å²) in [6, 6.07) is 7.88. The van der Waals surface area contributed by atoms with Crippen molar-refractivity contribution in [3.8, 4) is 5.69 Å². The van der Waals surface area contributed by atoms with E-state index in [4.69, 9.17) is 0 Å². The molecule has 1 saturated heterocycles. The van der Waals surface area contributed by atoms with Crippen molar-refractivity contribution in [2.45, 2.75) is 19.3 Å². The molecule has 5 heteroatoms. The van der Waals surface area contributed by atoms with Crippen LogP contribution < -0.4 is 10.6 Å². The second-order valence-electron chi connectivity index (χ2n) is 6.38. The van der Waals surface area contributed by atoms with Crippen LogP contribution in [-0.2, 0) is 4.79 Å². The number of nitrogens with one attached hydrogen (secondary N) is 2. The number of carbonyl (C=O) groups excluding carboxylic acids is 1. The van der Waals surface area contributed by atoms with Crippen LogP contribution >= 0.6 is 0 Å². The summed E-state index contributed by atoms with van der Waals surface area (Å²) in [4.78, 5) is 16.5. The summed E-state index contributed by atoms with van der Waals surface area (Å²) < 4.78 is 1.94. The second-order valence-corrected chi connectivity index (χ2v) is 6.38. The fourth-order valence-electron chi connectivity index (χ4n) is 3.55. The molecular formula is C17H20N4O. The van der Waals surface area contributed by atoms with E-state index in [1.807, 2.05) is 35.0 Å². The maximum atomic E-state index is 12.4. The lowest BCUT2D eigenvalue weighted by Crippen LogP contribution is -2.31. The highest BCUT2D eigenvalue weighted by Gasteiger charge is 2.57. The Bertz CT molecular complexity index is 656. The van der Waals surface area contributed by atoms with Crippen LogP contribution in [0.3, 0.4) is 0 Å². The van der Waals surface area contributed by atoms with Gasteiger partial charge in [-0.2, -0.15) is 0 Å². The van der Waals surface area contributed by atoms with E-state index in [0.717, 1.165) is 43.7 Å². The van der Waals surface area contributed by atoms with Crippen LogP contribution in [0.15, 0.2) is 43.0 Å². The normalized spacial score (nSPS) is 22.5. The van der Waals surface area contributed by atoms with Crippen molar-refractivity contribution in [1.29, 1.82) is 0 Å². The molecule has 1 spiro atoms. The Balaban J connectivity index is 1.40. The minimum Gasteiger partial charge on any atom is -0.326 e. The molecule has 1 unspecified atom stereocenters. The van der Waals surface area contributed by atoms with Gasteiger partial charge in [0.15, 0.2) is 0 Å². The first-order valence-corrected chi connectivity index (χ1v) is 7.87. The van der Waals surface area contributed by atoms with Crippen molar-refractivity contribution in [2.75, 3.05) is 18.4 Å². The van der Waals surface area contributed by atoms with Crippen LogP contribution in [-0.4, -0.2) is 28.5 Å². The lowest BCUT2D eigenvalue weighted by Gasteiger charge is -2.23. The first kappa shape index (κ1) is 13.5. The highest BCUT2D eigenvalue weighted by atomic mass is 16.2. The fraction of sp³-hybridized carbons (Fsp3) is 0.412. The Morgan fingerprint density at radius 1 is 1.27 bits per heavy atom. The Labute approximate surface area is 129 Å². The third-order valence-corrected chi connectivity index (χ3v) is 5.04. The van der Waals surface area contributed by atoms with E-state index in [0.29, 0.717) is 0 Å². The quantitative estimate of drug-likeness (QED) is 0.913. The van der Waals surface area contributed by atoms with Gasteiger partial charge in [-0.25, -0.2) is 4.98 Å². The van der Waals surface area contributed by atoms with Crippen molar-refractivity contribution in [2.24, 2.45) is 11.3 Å². The summed E-state index contributed by atoms with van der Waals surface area (Å²) in [7, 11) is 0. The zero-order valence-electron chi connectivity index (χ0n) is 12.5. The number of imidazole rings is 1. The number of amides is 1. The van der Waals surface area contributed by atoms with Crippen LogP contribution in [0.2, 0.25) is 0 Å². The van der Waals surface area contributed by atoms with Crippen molar-refractivity contribution in [3.05, 3.63) is 43.0 Å². The van der Waals surface area contributed by atoms with Crippen molar-refractivity contribution in [1.82, 2.24) is 14.9 Å². The molecule has 1 aromatic heterocycles. The fourth-order valence-corrected chi connectivity index (χ4v) is 3.55. The van der Waals surface area contributed by atoms with Crippen LogP contribution in [0.5, 0.6) is 0 Å². The molecule has 1 saturated carbocycles. The highest BCUT2D eigenvalue weighted by molar-refractivity contribution is 5.95. The number of carbonyl (C=O) groups is 1. The van der Waals surface area contributed by atoms with Gasteiger partial charge in [0.2, 0.25) is 5.91 Å². The van der Waals surface area contributed by atoms with Gasteiger partial charge in [-0.3, -0.25) is 4.79 Å². The Morgan fingerprint density at radius 3 is 2.73 bits per heavy atom. The summed E-state index contributed by atoms with van der Waals surface area (Å²) in [6.07, 6.45) is 8.72. The third-order valence-electron chi connectivity index (χ3n) is 5.04. The first-order valence-electron chi connectivity index (χ1n) is 7.87. The second kappa shape index (κ2) is 5.25. The van der Waals surface area contributed by atoms with E-state index in [2.05, 4.69) is 15.6 Å². The monoisotopic (exact) mass is 296 g/mol. The van der Waals surface area contributed by atoms with Crippen LogP contribution in [0.1, 0.15) is 19.3 Å². The van der Waals surface area contributed by atoms with Crippen LogP contribution in [0.25, 0.3) is 5.69 Å². The van der Waals surface area contributed by atoms with Gasteiger partial charge in [0.25, 0.3) is 0 Å². The molecule has 22 heavy (non-hydrogen) atoms. The van der Waals surface area contributed by atoms with Gasteiger partial charge >= 0.3 is 0 Å². The topological polar surface area (TPSA) is 59.0 Å².